The number of amides is 1. The summed E-state index contributed by atoms with van der Waals surface area (Å²) in [5, 5.41) is 17.9. The predicted octanol–water partition coefficient (Wildman–Crippen LogP) is 5.73. The molecular formula is C31H41N4O5PS. The number of nitrogens with zero attached hydrogens (tertiary/aromatic N) is 1. The number of Topliss-reactive ketones (excluding diaryl/α,β-unsaturated/α-hetero) is 2. The Morgan fingerprint density at radius 2 is 1.10 bits per heavy atom. The standard InChI is InChI=1S/C15H18N2O2.C13H13NO3.C2H7N.CH3PS/c1-10-13(8-9-14(10)18)16-12-6-4-11(5-7-12)15(19)17(2)3;1-8-11(6-7-12(8)15)14-10-4-2-9(3-5-10)13(16)17;1-3-2;1-2-3/h4-7,16H,8-9H2,1-3H3;2-5,14H,6-7H2,1H3,(H,16,17);3H,1-2H3;1H3. The molecule has 2 aliphatic rings. The van der Waals surface area contributed by atoms with Gasteiger partial charge in [0.15, 0.2) is 11.6 Å². The molecule has 9 nitrogen and oxygen atoms in total. The van der Waals surface area contributed by atoms with Crippen molar-refractivity contribution in [1.29, 1.82) is 0 Å². The van der Waals surface area contributed by atoms with Gasteiger partial charge >= 0.3 is 5.97 Å². The van der Waals surface area contributed by atoms with Crippen LogP contribution >= 0.6 is 7.36 Å². The van der Waals surface area contributed by atoms with Crippen molar-refractivity contribution in [1.82, 2.24) is 10.2 Å². The number of benzene rings is 2. The van der Waals surface area contributed by atoms with E-state index in [1.54, 1.807) is 43.3 Å². The Morgan fingerprint density at radius 1 is 0.762 bits per heavy atom. The molecule has 1 amide bonds. The zero-order valence-electron chi connectivity index (χ0n) is 25.3. The Labute approximate surface area is 255 Å². The number of anilines is 2. The first kappa shape index (κ1) is 36.3. The minimum atomic E-state index is -0.942. The summed E-state index contributed by atoms with van der Waals surface area (Å²) in [5.41, 5.74) is 6.11. The summed E-state index contributed by atoms with van der Waals surface area (Å²) in [6.07, 6.45) is 2.64. The fraction of sp³-hybridized carbons (Fsp3) is 0.355. The van der Waals surface area contributed by atoms with E-state index in [4.69, 9.17) is 5.11 Å². The van der Waals surface area contributed by atoms with E-state index in [0.29, 0.717) is 18.4 Å². The third-order valence-electron chi connectivity index (χ3n) is 6.21. The lowest BCUT2D eigenvalue weighted by atomic mass is 10.1. The van der Waals surface area contributed by atoms with Crippen molar-refractivity contribution in [2.24, 2.45) is 0 Å². The van der Waals surface area contributed by atoms with Crippen LogP contribution in [-0.2, 0) is 21.4 Å². The molecule has 2 aromatic rings. The van der Waals surface area contributed by atoms with E-state index in [1.165, 1.54) is 12.1 Å². The van der Waals surface area contributed by atoms with E-state index in [2.05, 4.69) is 27.8 Å². The quantitative estimate of drug-likeness (QED) is 0.303. The Bertz CT molecular complexity index is 1320. The summed E-state index contributed by atoms with van der Waals surface area (Å²) in [6, 6.07) is 13.8. The molecule has 0 heterocycles. The molecule has 0 unspecified atom stereocenters. The lowest BCUT2D eigenvalue weighted by Gasteiger charge is -2.12. The molecule has 0 aliphatic heterocycles. The van der Waals surface area contributed by atoms with Crippen LogP contribution in [-0.4, -0.2) is 68.3 Å². The number of carbonyl (C=O) groups excluding carboxylic acids is 3. The van der Waals surface area contributed by atoms with Gasteiger partial charge in [0.2, 0.25) is 0 Å². The van der Waals surface area contributed by atoms with Gasteiger partial charge in [-0.3, -0.25) is 14.4 Å². The second kappa shape index (κ2) is 18.7. The van der Waals surface area contributed by atoms with E-state index in [-0.39, 0.29) is 23.0 Å². The van der Waals surface area contributed by atoms with Gasteiger partial charge in [-0.05, 0) is 103 Å². The van der Waals surface area contributed by atoms with E-state index in [1.807, 2.05) is 46.7 Å². The van der Waals surface area contributed by atoms with Crippen molar-refractivity contribution in [3.05, 3.63) is 82.2 Å². The molecule has 11 heteroatoms. The van der Waals surface area contributed by atoms with E-state index in [9.17, 15) is 19.2 Å². The van der Waals surface area contributed by atoms with Crippen LogP contribution in [0.5, 0.6) is 0 Å². The first-order chi connectivity index (χ1) is 19.9. The van der Waals surface area contributed by atoms with Crippen LogP contribution < -0.4 is 16.0 Å². The monoisotopic (exact) mass is 612 g/mol. The minimum Gasteiger partial charge on any atom is -0.478 e. The van der Waals surface area contributed by atoms with E-state index in [0.717, 1.165) is 54.1 Å². The summed E-state index contributed by atoms with van der Waals surface area (Å²) in [6.45, 7) is 5.57. The number of carboxylic acids is 1. The fourth-order valence-electron chi connectivity index (χ4n) is 3.88. The van der Waals surface area contributed by atoms with Gasteiger partial charge in [-0.15, -0.1) is 0 Å². The summed E-state index contributed by atoms with van der Waals surface area (Å²) < 4.78 is 0. The molecule has 0 saturated heterocycles. The number of hydrogen-bond acceptors (Lipinski definition) is 8. The van der Waals surface area contributed by atoms with Gasteiger partial charge in [-0.25, -0.2) is 4.79 Å². The van der Waals surface area contributed by atoms with Gasteiger partial charge < -0.3 is 26.0 Å². The average Bonchev–Trinajstić information content (AvgIpc) is 3.45. The van der Waals surface area contributed by atoms with Crippen LogP contribution in [0, 0.1) is 0 Å². The number of carboxylic acid groups (broad SMARTS) is 1. The highest BCUT2D eigenvalue weighted by molar-refractivity contribution is 7.96. The lowest BCUT2D eigenvalue weighted by molar-refractivity contribution is -0.115. The molecule has 0 saturated carbocycles. The largest absolute Gasteiger partial charge is 0.478 e. The first-order valence-electron chi connectivity index (χ1n) is 13.3. The molecule has 4 rings (SSSR count). The second-order valence-electron chi connectivity index (χ2n) is 9.65. The molecule has 4 N–H and O–H groups in total. The summed E-state index contributed by atoms with van der Waals surface area (Å²) in [7, 11) is 8.21. The maximum atomic E-state index is 11.7. The second-order valence-corrected chi connectivity index (χ2v) is 11.1. The molecule has 0 radical (unpaired) electrons. The number of ketones is 2. The molecule has 42 heavy (non-hydrogen) atoms. The number of nitrogens with one attached hydrogen (secondary N) is 3. The topological polar surface area (TPSA) is 128 Å². The molecule has 0 fully saturated rings. The Kier molecular flexibility index (Phi) is 16.1. The van der Waals surface area contributed by atoms with Gasteiger partial charge in [-0.2, -0.15) is 0 Å². The number of allylic oxidation sites excluding steroid dienone is 4. The third-order valence-corrected chi connectivity index (χ3v) is 6.21. The van der Waals surface area contributed by atoms with Gasteiger partial charge in [0, 0.05) is 66.4 Å². The van der Waals surface area contributed by atoms with E-state index >= 15 is 0 Å². The summed E-state index contributed by atoms with van der Waals surface area (Å²) >= 11 is 4.37. The maximum Gasteiger partial charge on any atom is 0.335 e. The average molecular weight is 613 g/mol. The fourth-order valence-corrected chi connectivity index (χ4v) is 3.88. The molecule has 2 aromatic carbocycles. The van der Waals surface area contributed by atoms with Gasteiger partial charge in [-0.1, -0.05) is 11.8 Å². The Morgan fingerprint density at radius 3 is 1.36 bits per heavy atom. The van der Waals surface area contributed by atoms with Crippen molar-refractivity contribution in [2.45, 2.75) is 39.5 Å². The predicted molar refractivity (Wildman–Crippen MR) is 174 cm³/mol. The third kappa shape index (κ3) is 11.6. The van der Waals surface area contributed by atoms with E-state index < -0.39 is 5.97 Å². The normalized spacial score (nSPS) is 13.8. The highest BCUT2D eigenvalue weighted by atomic mass is 32.4. The first-order valence-corrected chi connectivity index (χ1v) is 15.7. The molecule has 2 aliphatic carbocycles. The molecule has 0 atom stereocenters. The summed E-state index contributed by atoms with van der Waals surface area (Å²) in [5.74, 6) is -0.572. The van der Waals surface area contributed by atoms with Crippen LogP contribution in [0.2, 0.25) is 0 Å². The lowest BCUT2D eigenvalue weighted by Crippen LogP contribution is -2.21. The molecule has 0 spiro atoms. The molecule has 0 bridgehead atoms. The van der Waals surface area contributed by atoms with Crippen LogP contribution in [0.1, 0.15) is 60.2 Å². The van der Waals surface area contributed by atoms with Crippen molar-refractivity contribution >= 4 is 54.0 Å². The highest BCUT2D eigenvalue weighted by Crippen LogP contribution is 2.25. The zero-order valence-corrected chi connectivity index (χ0v) is 27.0. The van der Waals surface area contributed by atoms with Crippen molar-refractivity contribution in [3.8, 4) is 0 Å². The molecule has 0 aromatic heterocycles. The Hall–Kier alpha value is -3.72. The van der Waals surface area contributed by atoms with Gasteiger partial charge in [0.05, 0.1) is 5.56 Å². The van der Waals surface area contributed by atoms with Crippen molar-refractivity contribution in [2.75, 3.05) is 45.5 Å². The molecule has 226 valence electrons. The zero-order chi connectivity index (χ0) is 31.8. The van der Waals surface area contributed by atoms with Gasteiger partial charge in [0.25, 0.3) is 5.91 Å². The molecular weight excluding hydrogens is 571 g/mol. The number of carbonyl (C=O) groups is 4. The summed E-state index contributed by atoms with van der Waals surface area (Å²) in [4.78, 5) is 46.8. The van der Waals surface area contributed by atoms with Crippen LogP contribution in [0.3, 0.4) is 0 Å². The van der Waals surface area contributed by atoms with Gasteiger partial charge in [0.1, 0.15) is 0 Å². The van der Waals surface area contributed by atoms with Crippen molar-refractivity contribution in [3.63, 3.8) is 0 Å². The maximum absolute atomic E-state index is 11.7. The van der Waals surface area contributed by atoms with Crippen molar-refractivity contribution < 1.29 is 24.3 Å². The smallest absolute Gasteiger partial charge is 0.335 e. The Balaban J connectivity index is 0.000000355. The van der Waals surface area contributed by atoms with Crippen LogP contribution in [0.25, 0.3) is 0 Å². The van der Waals surface area contributed by atoms with Crippen LogP contribution in [0.15, 0.2) is 71.1 Å². The minimum absolute atomic E-state index is 0.0157. The van der Waals surface area contributed by atoms with Crippen LogP contribution in [0.4, 0.5) is 11.4 Å². The SMILES string of the molecule is CC1=C(Nc2ccc(C(=O)N(C)C)cc2)CCC1=O.CC1=C(Nc2ccc(C(=O)O)cc2)CCC1=O.CNC.CP=S. The highest BCUT2D eigenvalue weighted by Gasteiger charge is 2.20. The number of aromatic carboxylic acids is 1. The number of hydrogen-bond donors (Lipinski definition) is 4. The number of rotatable bonds is 6.